The van der Waals surface area contributed by atoms with Crippen molar-refractivity contribution in [1.29, 1.82) is 0 Å². The van der Waals surface area contributed by atoms with Crippen LogP contribution >= 0.6 is 24.4 Å². The average Bonchev–Trinajstić information content (AvgIpc) is 2.71. The zero-order valence-electron chi connectivity index (χ0n) is 9.50. The molecule has 1 heterocycles. The summed E-state index contributed by atoms with van der Waals surface area (Å²) in [5.74, 6) is -0.217. The molecule has 0 aromatic heterocycles. The number of benzene rings is 1. The molecule has 90 valence electrons. The summed E-state index contributed by atoms with van der Waals surface area (Å²) in [5.41, 5.74) is 1.17. The predicted molar refractivity (Wildman–Crippen MR) is 74.4 cm³/mol. The fourth-order valence-electron chi connectivity index (χ4n) is 1.88. The van der Waals surface area contributed by atoms with Crippen molar-refractivity contribution in [3.63, 3.8) is 0 Å². The van der Waals surface area contributed by atoms with Crippen molar-refractivity contribution in [2.75, 3.05) is 7.11 Å². The Morgan fingerprint density at radius 2 is 2.18 bits per heavy atom. The molecular formula is C13H14O2S2. The quantitative estimate of drug-likeness (QED) is 0.673. The van der Waals surface area contributed by atoms with Gasteiger partial charge < -0.3 is 4.74 Å². The number of thiol groups is 1. The van der Waals surface area contributed by atoms with Crippen molar-refractivity contribution in [2.24, 2.45) is 0 Å². The highest BCUT2D eigenvalue weighted by atomic mass is 32.2. The number of rotatable bonds is 3. The average molecular weight is 266 g/mol. The Morgan fingerprint density at radius 1 is 1.47 bits per heavy atom. The molecule has 0 spiro atoms. The van der Waals surface area contributed by atoms with E-state index in [-0.39, 0.29) is 11.2 Å². The van der Waals surface area contributed by atoms with E-state index < -0.39 is 4.75 Å². The highest BCUT2D eigenvalue weighted by molar-refractivity contribution is 8.04. The Hall–Kier alpha value is -0.870. The van der Waals surface area contributed by atoms with Crippen molar-refractivity contribution < 1.29 is 9.53 Å². The van der Waals surface area contributed by atoms with Crippen molar-refractivity contribution in [1.82, 2.24) is 0 Å². The number of esters is 1. The molecule has 17 heavy (non-hydrogen) atoms. The topological polar surface area (TPSA) is 26.3 Å². The lowest BCUT2D eigenvalue weighted by Crippen LogP contribution is -2.38. The normalized spacial score (nSPS) is 27.1. The van der Waals surface area contributed by atoms with E-state index in [2.05, 4.69) is 12.6 Å². The molecule has 0 fully saturated rings. The van der Waals surface area contributed by atoms with Gasteiger partial charge in [-0.15, -0.1) is 11.8 Å². The summed E-state index contributed by atoms with van der Waals surface area (Å²) >= 11 is 6.14. The van der Waals surface area contributed by atoms with E-state index in [0.29, 0.717) is 0 Å². The van der Waals surface area contributed by atoms with Crippen LogP contribution < -0.4 is 0 Å². The molecule has 2 rings (SSSR count). The van der Waals surface area contributed by atoms with Gasteiger partial charge in [0, 0.05) is 0 Å². The predicted octanol–water partition coefficient (Wildman–Crippen LogP) is 2.70. The first-order chi connectivity index (χ1) is 8.15. The van der Waals surface area contributed by atoms with E-state index in [1.165, 1.54) is 24.4 Å². The van der Waals surface area contributed by atoms with Crippen LogP contribution in [0.25, 0.3) is 0 Å². The van der Waals surface area contributed by atoms with Crippen molar-refractivity contribution >= 4 is 30.4 Å². The number of carbonyl (C=O) groups excluding carboxylic acids is 1. The molecule has 4 heteroatoms. The minimum Gasteiger partial charge on any atom is -0.468 e. The lowest BCUT2D eigenvalue weighted by molar-refractivity contribution is -0.140. The van der Waals surface area contributed by atoms with Crippen LogP contribution in [0.5, 0.6) is 0 Å². The molecule has 2 nitrogen and oxygen atoms in total. The number of thioether (sulfide) groups is 1. The lowest BCUT2D eigenvalue weighted by atomic mass is 9.95. The third kappa shape index (κ3) is 2.69. The van der Waals surface area contributed by atoms with E-state index in [0.717, 1.165) is 6.42 Å². The Labute approximate surface area is 111 Å². The van der Waals surface area contributed by atoms with Gasteiger partial charge in [0.15, 0.2) is 0 Å². The van der Waals surface area contributed by atoms with Gasteiger partial charge in [0.05, 0.1) is 11.9 Å². The SMILES string of the molecule is COC(=O)C1SC=CC1(S)Cc1ccccc1. The summed E-state index contributed by atoms with van der Waals surface area (Å²) in [5, 5.41) is 1.66. The van der Waals surface area contributed by atoms with Crippen LogP contribution in [-0.4, -0.2) is 23.1 Å². The fraction of sp³-hybridized carbons (Fsp3) is 0.308. The summed E-state index contributed by atoms with van der Waals surface area (Å²) in [4.78, 5) is 11.7. The van der Waals surface area contributed by atoms with Crippen molar-refractivity contribution in [3.05, 3.63) is 47.4 Å². The molecule has 0 saturated carbocycles. The third-order valence-electron chi connectivity index (χ3n) is 2.77. The maximum Gasteiger partial charge on any atom is 0.320 e. The molecule has 0 aliphatic carbocycles. The number of carbonyl (C=O) groups is 1. The lowest BCUT2D eigenvalue weighted by Gasteiger charge is -2.27. The molecular weight excluding hydrogens is 252 g/mol. The molecule has 0 amide bonds. The molecule has 2 unspecified atom stereocenters. The Bertz CT molecular complexity index is 430. The van der Waals surface area contributed by atoms with E-state index in [1.807, 2.05) is 41.8 Å². The van der Waals surface area contributed by atoms with E-state index in [9.17, 15) is 4.79 Å². The maximum absolute atomic E-state index is 11.7. The molecule has 1 aliphatic heterocycles. The Morgan fingerprint density at radius 3 is 2.82 bits per heavy atom. The summed E-state index contributed by atoms with van der Waals surface area (Å²) in [6, 6.07) is 10.1. The van der Waals surface area contributed by atoms with Crippen LogP contribution in [0.2, 0.25) is 0 Å². The highest BCUT2D eigenvalue weighted by Crippen LogP contribution is 2.41. The summed E-state index contributed by atoms with van der Waals surface area (Å²) in [6.07, 6.45) is 2.70. The number of ether oxygens (including phenoxy) is 1. The molecule has 1 aromatic rings. The minimum absolute atomic E-state index is 0.217. The van der Waals surface area contributed by atoms with Gasteiger partial charge in [-0.3, -0.25) is 4.79 Å². The zero-order chi connectivity index (χ0) is 12.3. The first kappa shape index (κ1) is 12.6. The Balaban J connectivity index is 2.17. The first-order valence-corrected chi connectivity index (χ1v) is 6.72. The van der Waals surface area contributed by atoms with Crippen LogP contribution in [0.3, 0.4) is 0 Å². The first-order valence-electron chi connectivity index (χ1n) is 5.33. The standard InChI is InChI=1S/C13H14O2S2/c1-15-12(14)11-13(16,7-8-17-11)9-10-5-3-2-4-6-10/h2-8,11,16H,9H2,1H3. The van der Waals surface area contributed by atoms with Gasteiger partial charge in [-0.1, -0.05) is 36.4 Å². The van der Waals surface area contributed by atoms with Gasteiger partial charge in [0.1, 0.15) is 5.25 Å². The third-order valence-corrected chi connectivity index (χ3v) is 4.69. The molecule has 0 N–H and O–H groups in total. The van der Waals surface area contributed by atoms with Gasteiger partial charge in [0.25, 0.3) is 0 Å². The van der Waals surface area contributed by atoms with Crippen LogP contribution in [0.4, 0.5) is 0 Å². The van der Waals surface area contributed by atoms with Crippen LogP contribution in [0.15, 0.2) is 41.8 Å². The van der Waals surface area contributed by atoms with Crippen LogP contribution in [0.1, 0.15) is 5.56 Å². The maximum atomic E-state index is 11.7. The second-order valence-electron chi connectivity index (χ2n) is 4.00. The molecule has 2 atom stereocenters. The van der Waals surface area contributed by atoms with E-state index in [1.54, 1.807) is 0 Å². The summed E-state index contributed by atoms with van der Waals surface area (Å²) < 4.78 is 4.36. The second kappa shape index (κ2) is 5.19. The summed E-state index contributed by atoms with van der Waals surface area (Å²) in [6.45, 7) is 0. The van der Waals surface area contributed by atoms with Crippen molar-refractivity contribution in [3.8, 4) is 0 Å². The monoisotopic (exact) mass is 266 g/mol. The molecule has 0 saturated heterocycles. The van der Waals surface area contributed by atoms with Gasteiger partial charge in [-0.05, 0) is 17.4 Å². The van der Waals surface area contributed by atoms with Gasteiger partial charge in [-0.2, -0.15) is 12.6 Å². The highest BCUT2D eigenvalue weighted by Gasteiger charge is 2.42. The molecule has 0 bridgehead atoms. The van der Waals surface area contributed by atoms with E-state index in [4.69, 9.17) is 4.74 Å². The van der Waals surface area contributed by atoms with Gasteiger partial charge in [-0.25, -0.2) is 0 Å². The molecule has 1 aromatic carbocycles. The zero-order valence-corrected chi connectivity index (χ0v) is 11.2. The van der Waals surface area contributed by atoms with Crippen LogP contribution in [0, 0.1) is 0 Å². The van der Waals surface area contributed by atoms with E-state index >= 15 is 0 Å². The van der Waals surface area contributed by atoms with Gasteiger partial charge in [0.2, 0.25) is 0 Å². The molecule has 1 aliphatic rings. The summed E-state index contributed by atoms with van der Waals surface area (Å²) in [7, 11) is 1.41. The largest absolute Gasteiger partial charge is 0.468 e. The van der Waals surface area contributed by atoms with Gasteiger partial charge >= 0.3 is 5.97 Å². The number of hydrogen-bond donors (Lipinski definition) is 1. The fourth-order valence-corrected chi connectivity index (χ4v) is 3.61. The Kier molecular flexibility index (Phi) is 3.84. The second-order valence-corrected chi connectivity index (χ2v) is 5.84. The molecule has 0 radical (unpaired) electrons. The minimum atomic E-state index is -0.459. The number of hydrogen-bond acceptors (Lipinski definition) is 4. The van der Waals surface area contributed by atoms with Crippen molar-refractivity contribution in [2.45, 2.75) is 16.4 Å². The van der Waals surface area contributed by atoms with Crippen LogP contribution in [-0.2, 0) is 16.0 Å². The number of methoxy groups -OCH3 is 1. The smallest absolute Gasteiger partial charge is 0.320 e.